The number of hydrogen-bond acceptors (Lipinski definition) is 13. The van der Waals surface area contributed by atoms with Crippen LogP contribution in [0.2, 0.25) is 0 Å². The molecule has 63 heavy (non-hydrogen) atoms. The molecule has 0 bridgehead atoms. The van der Waals surface area contributed by atoms with E-state index in [0.717, 1.165) is 77.0 Å². The van der Waals surface area contributed by atoms with E-state index >= 15 is 0 Å². The highest BCUT2D eigenvalue weighted by atomic mass is 16.7. The normalized spacial score (nSPS) is 27.8. The van der Waals surface area contributed by atoms with Crippen LogP contribution >= 0.6 is 0 Å². The number of hydrogen-bond donors (Lipinski definition) is 9. The van der Waals surface area contributed by atoms with Crippen LogP contribution < -0.4 is 5.32 Å². The number of carbonyl (C=O) groups is 1. The monoisotopic (exact) mass is 900 g/mol. The number of amides is 1. The van der Waals surface area contributed by atoms with Gasteiger partial charge in [-0.15, -0.1) is 0 Å². The minimum Gasteiger partial charge on any atom is -0.394 e. The Hall–Kier alpha value is -1.79. The molecule has 12 unspecified atom stereocenters. The van der Waals surface area contributed by atoms with Gasteiger partial charge >= 0.3 is 0 Å². The predicted octanol–water partition coefficient (Wildman–Crippen LogP) is 5.93. The van der Waals surface area contributed by atoms with E-state index in [2.05, 4.69) is 55.6 Å². The smallest absolute Gasteiger partial charge is 0.220 e. The maximum absolute atomic E-state index is 13.2. The number of rotatable bonds is 37. The standard InChI is InChI=1S/C49H89NO13/c1-3-5-7-9-11-13-15-16-17-18-19-20-21-22-23-25-27-29-31-33-41(54)50-37(38(53)32-30-28-26-24-14-12-10-8-6-4-2)36-60-48-46(59)44(57)47(40(35-52)62-48)63-49-45(58)43(56)42(55)39(34-51)61-49/h11,13,16-17,19-20,37-40,42-49,51-53,55-59H,3-10,12,14-15,18,21-36H2,1-2H3,(H,50,54)/b13-11-,17-16-,20-19-. The predicted molar refractivity (Wildman–Crippen MR) is 244 cm³/mol. The van der Waals surface area contributed by atoms with Crippen molar-refractivity contribution in [1.82, 2.24) is 5.32 Å². The van der Waals surface area contributed by atoms with Gasteiger partial charge in [0.15, 0.2) is 12.6 Å². The fraction of sp³-hybridized carbons (Fsp3) is 0.857. The maximum atomic E-state index is 13.2. The highest BCUT2D eigenvalue weighted by Gasteiger charge is 2.51. The summed E-state index contributed by atoms with van der Waals surface area (Å²) in [7, 11) is 0. The molecule has 368 valence electrons. The van der Waals surface area contributed by atoms with Crippen molar-refractivity contribution < 1.29 is 64.6 Å². The van der Waals surface area contributed by atoms with Crippen molar-refractivity contribution >= 4 is 5.91 Å². The number of ether oxygens (including phenoxy) is 4. The third-order valence-corrected chi connectivity index (χ3v) is 12.1. The summed E-state index contributed by atoms with van der Waals surface area (Å²) in [5.41, 5.74) is 0. The van der Waals surface area contributed by atoms with Crippen molar-refractivity contribution in [3.63, 3.8) is 0 Å². The molecule has 0 aromatic heterocycles. The summed E-state index contributed by atoms with van der Waals surface area (Å²) in [5.74, 6) is -0.223. The van der Waals surface area contributed by atoms with E-state index in [1.165, 1.54) is 64.2 Å². The second-order valence-electron chi connectivity index (χ2n) is 17.6. The Labute approximate surface area is 379 Å². The zero-order valence-corrected chi connectivity index (χ0v) is 38.8. The molecule has 14 nitrogen and oxygen atoms in total. The number of aliphatic hydroxyl groups excluding tert-OH is 8. The van der Waals surface area contributed by atoms with Crippen molar-refractivity contribution in [2.75, 3.05) is 19.8 Å². The molecule has 2 rings (SSSR count). The highest BCUT2D eigenvalue weighted by Crippen LogP contribution is 2.30. The van der Waals surface area contributed by atoms with Crippen LogP contribution in [-0.4, -0.2) is 140 Å². The summed E-state index contributed by atoms with van der Waals surface area (Å²) in [6.07, 6.45) is 22.9. The van der Waals surface area contributed by atoms with Gasteiger partial charge in [0.05, 0.1) is 32.0 Å². The lowest BCUT2D eigenvalue weighted by atomic mass is 9.97. The lowest BCUT2D eigenvalue weighted by molar-refractivity contribution is -0.359. The first-order chi connectivity index (χ1) is 30.6. The first-order valence-corrected chi connectivity index (χ1v) is 24.7. The number of unbranched alkanes of at least 4 members (excludes halogenated alkanes) is 18. The summed E-state index contributed by atoms with van der Waals surface area (Å²) in [4.78, 5) is 13.2. The van der Waals surface area contributed by atoms with E-state index in [9.17, 15) is 45.6 Å². The Kier molecular flexibility index (Phi) is 33.1. The van der Waals surface area contributed by atoms with Crippen LogP contribution in [-0.2, 0) is 23.7 Å². The molecule has 0 aliphatic carbocycles. The van der Waals surface area contributed by atoms with E-state index in [0.29, 0.717) is 12.8 Å². The molecule has 9 N–H and O–H groups in total. The summed E-state index contributed by atoms with van der Waals surface area (Å²) in [5, 5.41) is 86.7. The molecule has 0 aromatic rings. The number of carbonyl (C=O) groups excluding carboxylic acids is 1. The minimum absolute atomic E-state index is 0.223. The van der Waals surface area contributed by atoms with Crippen LogP contribution in [0.25, 0.3) is 0 Å². The van der Waals surface area contributed by atoms with Crippen LogP contribution in [0.3, 0.4) is 0 Å². The minimum atomic E-state index is -1.78. The van der Waals surface area contributed by atoms with E-state index in [4.69, 9.17) is 18.9 Å². The SMILES string of the molecule is CCCCC/C=C\C/C=C\C/C=C\CCCCCCCCC(=O)NC(COC1OC(CO)C(OC2OC(CO)C(O)C(O)C2O)C(O)C1O)C(O)CCCCCCCCCCCC. The van der Waals surface area contributed by atoms with Crippen LogP contribution in [0, 0.1) is 0 Å². The van der Waals surface area contributed by atoms with Gasteiger partial charge in [-0.05, 0) is 51.4 Å². The van der Waals surface area contributed by atoms with Crippen molar-refractivity contribution in [2.45, 2.75) is 248 Å². The molecular formula is C49H89NO13. The van der Waals surface area contributed by atoms with Crippen molar-refractivity contribution in [3.05, 3.63) is 36.5 Å². The zero-order chi connectivity index (χ0) is 46.1. The molecule has 2 aliphatic heterocycles. The lowest BCUT2D eigenvalue weighted by Gasteiger charge is -2.46. The van der Waals surface area contributed by atoms with Gasteiger partial charge in [0.25, 0.3) is 0 Å². The molecular weight excluding hydrogens is 811 g/mol. The summed E-state index contributed by atoms with van der Waals surface area (Å²) < 4.78 is 22.7. The first kappa shape index (κ1) is 57.3. The van der Waals surface area contributed by atoms with Crippen molar-refractivity contribution in [3.8, 4) is 0 Å². The Morgan fingerprint density at radius 1 is 0.571 bits per heavy atom. The molecule has 0 radical (unpaired) electrons. The molecule has 2 saturated heterocycles. The van der Waals surface area contributed by atoms with Crippen LogP contribution in [0.1, 0.15) is 174 Å². The topological polar surface area (TPSA) is 228 Å². The molecule has 2 aliphatic rings. The van der Waals surface area contributed by atoms with Gasteiger partial charge in [0.1, 0.15) is 48.8 Å². The highest BCUT2D eigenvalue weighted by molar-refractivity contribution is 5.76. The molecule has 2 heterocycles. The fourth-order valence-electron chi connectivity index (χ4n) is 8.01. The van der Waals surface area contributed by atoms with Gasteiger partial charge in [-0.3, -0.25) is 4.79 Å². The third kappa shape index (κ3) is 24.0. The average molecular weight is 900 g/mol. The van der Waals surface area contributed by atoms with Crippen LogP contribution in [0.15, 0.2) is 36.5 Å². The molecule has 0 saturated carbocycles. The summed E-state index contributed by atoms with van der Waals surface area (Å²) >= 11 is 0. The van der Waals surface area contributed by atoms with Gasteiger partial charge in [0.2, 0.25) is 5.91 Å². The molecule has 0 spiro atoms. The summed E-state index contributed by atoms with van der Waals surface area (Å²) in [6.45, 7) is 2.78. The quantitative estimate of drug-likeness (QED) is 0.0261. The van der Waals surface area contributed by atoms with E-state index in [1.807, 2.05) is 0 Å². The molecule has 1 amide bonds. The molecule has 2 fully saturated rings. The van der Waals surface area contributed by atoms with Crippen LogP contribution in [0.4, 0.5) is 0 Å². The van der Waals surface area contributed by atoms with Crippen molar-refractivity contribution in [2.24, 2.45) is 0 Å². The van der Waals surface area contributed by atoms with Gasteiger partial charge in [0, 0.05) is 6.42 Å². The Morgan fingerprint density at radius 3 is 1.63 bits per heavy atom. The van der Waals surface area contributed by atoms with Crippen LogP contribution in [0.5, 0.6) is 0 Å². The Morgan fingerprint density at radius 2 is 1.05 bits per heavy atom. The van der Waals surface area contributed by atoms with E-state index in [-0.39, 0.29) is 18.9 Å². The zero-order valence-electron chi connectivity index (χ0n) is 38.8. The number of nitrogens with one attached hydrogen (secondary N) is 1. The van der Waals surface area contributed by atoms with Gasteiger partial charge in [-0.25, -0.2) is 0 Å². The van der Waals surface area contributed by atoms with E-state index in [1.54, 1.807) is 0 Å². The third-order valence-electron chi connectivity index (χ3n) is 12.1. The van der Waals surface area contributed by atoms with E-state index < -0.39 is 86.8 Å². The molecule has 0 aromatic carbocycles. The number of aliphatic hydroxyl groups is 8. The van der Waals surface area contributed by atoms with Crippen molar-refractivity contribution in [1.29, 1.82) is 0 Å². The maximum Gasteiger partial charge on any atom is 0.220 e. The average Bonchev–Trinajstić information content (AvgIpc) is 3.28. The molecule has 12 atom stereocenters. The Balaban J connectivity index is 1.82. The second kappa shape index (κ2) is 36.3. The first-order valence-electron chi connectivity index (χ1n) is 24.7. The molecule has 14 heteroatoms. The lowest BCUT2D eigenvalue weighted by Crippen LogP contribution is -2.65. The van der Waals surface area contributed by atoms with Gasteiger partial charge < -0.3 is 65.1 Å². The van der Waals surface area contributed by atoms with Gasteiger partial charge in [-0.1, -0.05) is 153 Å². The number of allylic oxidation sites excluding steroid dienone is 6. The Bertz CT molecular complexity index is 1200. The largest absolute Gasteiger partial charge is 0.394 e. The fourth-order valence-corrected chi connectivity index (χ4v) is 8.01. The van der Waals surface area contributed by atoms with Gasteiger partial charge in [-0.2, -0.15) is 0 Å². The second-order valence-corrected chi connectivity index (χ2v) is 17.6. The summed E-state index contributed by atoms with van der Waals surface area (Å²) in [6, 6.07) is -0.833.